The molecule has 122 valence electrons. The van der Waals surface area contributed by atoms with Gasteiger partial charge in [0.25, 0.3) is 0 Å². The van der Waals surface area contributed by atoms with Crippen LogP contribution in [0.15, 0.2) is 12.7 Å². The normalized spacial score (nSPS) is 24.0. The van der Waals surface area contributed by atoms with Crippen molar-refractivity contribution >= 4 is 0 Å². The van der Waals surface area contributed by atoms with Gasteiger partial charge in [-0.15, -0.1) is 6.58 Å². The molecule has 1 saturated heterocycles. The summed E-state index contributed by atoms with van der Waals surface area (Å²) >= 11 is 0. The minimum absolute atomic E-state index is 0.275. The molecule has 1 unspecified atom stereocenters. The van der Waals surface area contributed by atoms with Crippen molar-refractivity contribution in [3.63, 3.8) is 0 Å². The van der Waals surface area contributed by atoms with Crippen LogP contribution in [0.3, 0.4) is 0 Å². The summed E-state index contributed by atoms with van der Waals surface area (Å²) in [6.07, 6.45) is 13.4. The lowest BCUT2D eigenvalue weighted by molar-refractivity contribution is -0.0372. The summed E-state index contributed by atoms with van der Waals surface area (Å²) in [5.41, 5.74) is 3.45. The van der Waals surface area contributed by atoms with Gasteiger partial charge < -0.3 is 4.74 Å². The molecule has 1 saturated carbocycles. The fourth-order valence-electron chi connectivity index (χ4n) is 4.20. The first-order valence-electron chi connectivity index (χ1n) is 8.73. The summed E-state index contributed by atoms with van der Waals surface area (Å²) in [6, 6.07) is 0.418. The van der Waals surface area contributed by atoms with Crippen LogP contribution < -0.4 is 11.3 Å². The van der Waals surface area contributed by atoms with Crippen molar-refractivity contribution in [1.82, 2.24) is 10.3 Å². The Kier molecular flexibility index (Phi) is 7.17. The molecule has 0 amide bonds. The van der Waals surface area contributed by atoms with E-state index in [1.54, 1.807) is 0 Å². The average Bonchev–Trinajstić information content (AvgIpc) is 3.02. The Morgan fingerprint density at radius 2 is 1.90 bits per heavy atom. The highest BCUT2D eigenvalue weighted by molar-refractivity contribution is 5.03. The first-order chi connectivity index (χ1) is 10.3. The predicted molar refractivity (Wildman–Crippen MR) is 88.0 cm³/mol. The number of allylic oxidation sites excluding steroid dienone is 1. The molecule has 4 nitrogen and oxygen atoms in total. The highest BCUT2D eigenvalue weighted by Gasteiger charge is 2.45. The van der Waals surface area contributed by atoms with Crippen molar-refractivity contribution < 1.29 is 4.74 Å². The van der Waals surface area contributed by atoms with E-state index in [-0.39, 0.29) is 5.54 Å². The van der Waals surface area contributed by atoms with E-state index in [1.165, 1.54) is 51.4 Å². The molecule has 0 bridgehead atoms. The third kappa shape index (κ3) is 4.28. The number of hydrogen-bond donors (Lipinski definition) is 2. The smallest absolute Gasteiger partial charge is 0.0594 e. The number of hydrogen-bond acceptors (Lipinski definition) is 4. The minimum Gasteiger partial charge on any atom is -0.379 e. The number of nitrogens with two attached hydrogens (primary N) is 1. The van der Waals surface area contributed by atoms with Gasteiger partial charge in [0, 0.05) is 24.7 Å². The Bertz CT molecular complexity index is 296. The van der Waals surface area contributed by atoms with Crippen molar-refractivity contribution in [2.75, 3.05) is 26.3 Å². The van der Waals surface area contributed by atoms with Crippen molar-refractivity contribution in [2.24, 2.45) is 5.84 Å². The van der Waals surface area contributed by atoms with Crippen LogP contribution in [0.1, 0.15) is 57.8 Å². The van der Waals surface area contributed by atoms with Gasteiger partial charge in [0.2, 0.25) is 0 Å². The second-order valence-electron chi connectivity index (χ2n) is 6.56. The summed E-state index contributed by atoms with van der Waals surface area (Å²) in [7, 11) is 0. The van der Waals surface area contributed by atoms with Crippen molar-refractivity contribution in [1.29, 1.82) is 0 Å². The van der Waals surface area contributed by atoms with Crippen LogP contribution in [0.4, 0.5) is 0 Å². The zero-order chi connectivity index (χ0) is 15.0. The molecule has 1 heterocycles. The van der Waals surface area contributed by atoms with Crippen LogP contribution in [-0.2, 0) is 4.74 Å². The van der Waals surface area contributed by atoms with Crippen LogP contribution in [0.5, 0.6) is 0 Å². The maximum atomic E-state index is 5.96. The summed E-state index contributed by atoms with van der Waals surface area (Å²) < 4.78 is 5.54. The Morgan fingerprint density at radius 3 is 2.52 bits per heavy atom. The topological polar surface area (TPSA) is 50.5 Å². The maximum absolute atomic E-state index is 5.96. The molecule has 4 heteroatoms. The van der Waals surface area contributed by atoms with E-state index in [9.17, 15) is 0 Å². The summed E-state index contributed by atoms with van der Waals surface area (Å²) in [4.78, 5) is 2.66. The van der Waals surface area contributed by atoms with E-state index in [4.69, 9.17) is 10.6 Å². The molecule has 3 N–H and O–H groups in total. The quantitative estimate of drug-likeness (QED) is 0.297. The molecule has 21 heavy (non-hydrogen) atoms. The van der Waals surface area contributed by atoms with E-state index in [2.05, 4.69) is 16.9 Å². The van der Waals surface area contributed by atoms with Crippen LogP contribution in [0, 0.1) is 0 Å². The van der Waals surface area contributed by atoms with Crippen molar-refractivity contribution in [2.45, 2.75) is 69.4 Å². The molecule has 2 fully saturated rings. The fraction of sp³-hybridized carbons (Fsp3) is 0.882. The Hall–Kier alpha value is -0.420. The minimum atomic E-state index is 0.275. The van der Waals surface area contributed by atoms with Crippen LogP contribution in [0.2, 0.25) is 0 Å². The first-order valence-corrected chi connectivity index (χ1v) is 8.73. The van der Waals surface area contributed by atoms with E-state index < -0.39 is 0 Å². The van der Waals surface area contributed by atoms with E-state index >= 15 is 0 Å². The molecule has 0 aromatic heterocycles. The number of nitrogens with zero attached hydrogens (tertiary/aromatic N) is 1. The number of morpholine rings is 1. The molecular formula is C17H33N3O. The van der Waals surface area contributed by atoms with Gasteiger partial charge in [0.05, 0.1) is 13.2 Å². The third-order valence-electron chi connectivity index (χ3n) is 5.36. The van der Waals surface area contributed by atoms with Gasteiger partial charge in [-0.05, 0) is 32.1 Å². The van der Waals surface area contributed by atoms with Crippen LogP contribution in [-0.4, -0.2) is 42.8 Å². The lowest BCUT2D eigenvalue weighted by Gasteiger charge is -2.48. The van der Waals surface area contributed by atoms with Gasteiger partial charge in [-0.2, -0.15) is 0 Å². The highest BCUT2D eigenvalue weighted by atomic mass is 16.5. The van der Waals surface area contributed by atoms with Crippen LogP contribution >= 0.6 is 0 Å². The average molecular weight is 295 g/mol. The Balaban J connectivity index is 1.92. The zero-order valence-electron chi connectivity index (χ0n) is 13.5. The number of ether oxygens (including phenoxy) is 1. The molecule has 1 aliphatic carbocycles. The van der Waals surface area contributed by atoms with Crippen LogP contribution in [0.25, 0.3) is 0 Å². The number of hydrazine groups is 1. The molecule has 1 atom stereocenters. The number of unbranched alkanes of at least 4 members (excludes halogenated alkanes) is 3. The molecule has 2 rings (SSSR count). The van der Waals surface area contributed by atoms with Crippen molar-refractivity contribution in [3.05, 3.63) is 12.7 Å². The second kappa shape index (κ2) is 8.89. The third-order valence-corrected chi connectivity index (χ3v) is 5.36. The Labute approximate surface area is 130 Å². The molecule has 0 radical (unpaired) electrons. The Morgan fingerprint density at radius 1 is 1.19 bits per heavy atom. The fourth-order valence-corrected chi connectivity index (χ4v) is 4.20. The monoisotopic (exact) mass is 295 g/mol. The predicted octanol–water partition coefficient (Wildman–Crippen LogP) is 2.60. The summed E-state index contributed by atoms with van der Waals surface area (Å²) in [5, 5.41) is 0. The van der Waals surface area contributed by atoms with Crippen molar-refractivity contribution in [3.8, 4) is 0 Å². The molecule has 2 aliphatic rings. The lowest BCUT2D eigenvalue weighted by atomic mass is 9.83. The molecule has 1 aliphatic heterocycles. The van der Waals surface area contributed by atoms with Gasteiger partial charge in [-0.1, -0.05) is 31.8 Å². The number of nitrogens with one attached hydrogen (secondary N) is 1. The summed E-state index contributed by atoms with van der Waals surface area (Å²) in [6.45, 7) is 7.67. The molecule has 0 aromatic carbocycles. The first kappa shape index (κ1) is 16.9. The number of rotatable bonds is 9. The van der Waals surface area contributed by atoms with E-state index in [1.807, 2.05) is 6.08 Å². The second-order valence-corrected chi connectivity index (χ2v) is 6.56. The maximum Gasteiger partial charge on any atom is 0.0594 e. The van der Waals surface area contributed by atoms with E-state index in [0.717, 1.165) is 32.7 Å². The molecule has 0 spiro atoms. The van der Waals surface area contributed by atoms with Gasteiger partial charge in [-0.3, -0.25) is 16.2 Å². The standard InChI is InChI=1S/C17H33N3O/c1-2-3-4-5-6-9-16(19-18)17(10-7-8-11-17)20-12-14-21-15-13-20/h2,16,19H,1,3-15,18H2. The van der Waals surface area contributed by atoms with Gasteiger partial charge in [0.15, 0.2) is 0 Å². The highest BCUT2D eigenvalue weighted by Crippen LogP contribution is 2.40. The SMILES string of the molecule is C=CCCCCCC(NN)C1(N2CCOCC2)CCCC1. The van der Waals surface area contributed by atoms with E-state index in [0.29, 0.717) is 6.04 Å². The molecule has 0 aromatic rings. The van der Waals surface area contributed by atoms with Gasteiger partial charge >= 0.3 is 0 Å². The lowest BCUT2D eigenvalue weighted by Crippen LogP contribution is -2.63. The molecular weight excluding hydrogens is 262 g/mol. The summed E-state index contributed by atoms with van der Waals surface area (Å²) in [5.74, 6) is 5.96. The van der Waals surface area contributed by atoms with Gasteiger partial charge in [0.1, 0.15) is 0 Å². The largest absolute Gasteiger partial charge is 0.379 e. The zero-order valence-corrected chi connectivity index (χ0v) is 13.5. The van der Waals surface area contributed by atoms with Gasteiger partial charge in [-0.25, -0.2) is 0 Å².